The molecule has 2 atom stereocenters. The highest BCUT2D eigenvalue weighted by molar-refractivity contribution is 14.0. The van der Waals surface area contributed by atoms with E-state index < -0.39 is 0 Å². The summed E-state index contributed by atoms with van der Waals surface area (Å²) >= 11 is 1.80. The van der Waals surface area contributed by atoms with E-state index in [1.807, 2.05) is 7.05 Å². The summed E-state index contributed by atoms with van der Waals surface area (Å²) in [5.41, 5.74) is 0.0532. The topological polar surface area (TPSA) is 48.9 Å². The summed E-state index contributed by atoms with van der Waals surface area (Å²) in [5, 5.41) is 9.00. The molecular formula is C18H33IN4OS. The van der Waals surface area contributed by atoms with Crippen molar-refractivity contribution in [3.8, 4) is 0 Å². The summed E-state index contributed by atoms with van der Waals surface area (Å²) < 4.78 is 5.85. The van der Waals surface area contributed by atoms with E-state index in [0.717, 1.165) is 38.6 Å². The normalized spacial score (nSPS) is 22.4. The maximum atomic E-state index is 5.85. The number of hydrogen-bond acceptors (Lipinski definition) is 4. The van der Waals surface area contributed by atoms with Crippen LogP contribution in [0.25, 0.3) is 0 Å². The minimum Gasteiger partial charge on any atom is -0.373 e. The molecule has 0 bridgehead atoms. The van der Waals surface area contributed by atoms with E-state index in [1.54, 1.807) is 11.3 Å². The largest absolute Gasteiger partial charge is 0.373 e. The van der Waals surface area contributed by atoms with Gasteiger partial charge in [0.15, 0.2) is 5.96 Å². The van der Waals surface area contributed by atoms with E-state index in [1.165, 1.54) is 4.88 Å². The number of ether oxygens (including phenoxy) is 1. The van der Waals surface area contributed by atoms with Crippen molar-refractivity contribution in [3.05, 3.63) is 22.4 Å². The van der Waals surface area contributed by atoms with Crippen LogP contribution in [-0.2, 0) is 11.2 Å². The Morgan fingerprint density at radius 3 is 2.56 bits per heavy atom. The highest BCUT2D eigenvalue weighted by Gasteiger charge is 2.33. The fourth-order valence-corrected chi connectivity index (χ4v) is 3.77. The molecule has 1 fully saturated rings. The Labute approximate surface area is 173 Å². The minimum absolute atomic E-state index is 0. The lowest BCUT2D eigenvalue weighted by Gasteiger charge is -2.45. The molecule has 7 heteroatoms. The van der Waals surface area contributed by atoms with Gasteiger partial charge in [0.05, 0.1) is 12.2 Å². The predicted octanol–water partition coefficient (Wildman–Crippen LogP) is 2.96. The van der Waals surface area contributed by atoms with Gasteiger partial charge in [0.2, 0.25) is 0 Å². The van der Waals surface area contributed by atoms with Crippen molar-refractivity contribution in [3.63, 3.8) is 0 Å². The van der Waals surface area contributed by atoms with Gasteiger partial charge < -0.3 is 15.4 Å². The van der Waals surface area contributed by atoms with E-state index in [0.29, 0.717) is 0 Å². The molecule has 0 spiro atoms. The van der Waals surface area contributed by atoms with Gasteiger partial charge in [0.1, 0.15) is 0 Å². The molecule has 2 unspecified atom stereocenters. The van der Waals surface area contributed by atoms with Crippen LogP contribution in [0.15, 0.2) is 22.5 Å². The molecule has 0 amide bonds. The molecule has 1 aliphatic heterocycles. The molecule has 25 heavy (non-hydrogen) atoms. The van der Waals surface area contributed by atoms with Gasteiger partial charge in [-0.1, -0.05) is 6.07 Å². The van der Waals surface area contributed by atoms with Gasteiger partial charge in [0, 0.05) is 43.6 Å². The van der Waals surface area contributed by atoms with Crippen molar-refractivity contribution in [2.24, 2.45) is 4.99 Å². The zero-order chi connectivity index (χ0) is 17.6. The highest BCUT2D eigenvalue weighted by atomic mass is 127. The summed E-state index contributed by atoms with van der Waals surface area (Å²) in [6.07, 6.45) is 1.60. The fourth-order valence-electron chi connectivity index (χ4n) is 3.06. The number of nitrogens with zero attached hydrogens (tertiary/aromatic N) is 2. The number of aliphatic imine (C=N–C) groups is 1. The lowest BCUT2D eigenvalue weighted by molar-refractivity contribution is -0.0946. The Balaban J connectivity index is 0.00000312. The summed E-state index contributed by atoms with van der Waals surface area (Å²) in [5.74, 6) is 0.869. The first-order valence-corrected chi connectivity index (χ1v) is 9.66. The van der Waals surface area contributed by atoms with Gasteiger partial charge in [0.25, 0.3) is 0 Å². The van der Waals surface area contributed by atoms with E-state index in [2.05, 4.69) is 65.7 Å². The third-order valence-electron chi connectivity index (χ3n) is 4.43. The van der Waals surface area contributed by atoms with Crippen LogP contribution in [-0.4, -0.2) is 61.8 Å². The first-order chi connectivity index (χ1) is 11.4. The van der Waals surface area contributed by atoms with Crippen LogP contribution < -0.4 is 10.6 Å². The van der Waals surface area contributed by atoms with Crippen molar-refractivity contribution in [2.75, 3.05) is 33.2 Å². The van der Waals surface area contributed by atoms with Crippen LogP contribution in [0.2, 0.25) is 0 Å². The van der Waals surface area contributed by atoms with Crippen molar-refractivity contribution >= 4 is 41.3 Å². The van der Waals surface area contributed by atoms with Crippen molar-refractivity contribution < 1.29 is 4.74 Å². The summed E-state index contributed by atoms with van der Waals surface area (Å²) in [7, 11) is 1.83. The van der Waals surface area contributed by atoms with Gasteiger partial charge in [-0.2, -0.15) is 0 Å². The molecular weight excluding hydrogens is 447 g/mol. The summed E-state index contributed by atoms with van der Waals surface area (Å²) in [4.78, 5) is 8.25. The van der Waals surface area contributed by atoms with Crippen LogP contribution in [0, 0.1) is 0 Å². The molecule has 1 saturated heterocycles. The van der Waals surface area contributed by atoms with E-state index in [9.17, 15) is 0 Å². The van der Waals surface area contributed by atoms with Gasteiger partial charge in [-0.25, -0.2) is 0 Å². The summed E-state index contributed by atoms with van der Waals surface area (Å²) in [6, 6.07) is 4.27. The molecule has 1 aromatic rings. The lowest BCUT2D eigenvalue weighted by Crippen LogP contribution is -2.59. The zero-order valence-electron chi connectivity index (χ0n) is 16.0. The van der Waals surface area contributed by atoms with Gasteiger partial charge >= 0.3 is 0 Å². The monoisotopic (exact) mass is 480 g/mol. The van der Waals surface area contributed by atoms with E-state index in [4.69, 9.17) is 4.74 Å². The Morgan fingerprint density at radius 1 is 1.32 bits per heavy atom. The average molecular weight is 480 g/mol. The minimum atomic E-state index is 0. The third-order valence-corrected chi connectivity index (χ3v) is 5.37. The number of nitrogens with one attached hydrogen (secondary N) is 2. The molecule has 0 aliphatic carbocycles. The van der Waals surface area contributed by atoms with Crippen LogP contribution in [0.4, 0.5) is 0 Å². The Kier molecular flexibility index (Phi) is 9.69. The second kappa shape index (κ2) is 10.7. The van der Waals surface area contributed by atoms with Crippen LogP contribution in [0.5, 0.6) is 0 Å². The quantitative estimate of drug-likeness (QED) is 0.374. The average Bonchev–Trinajstić information content (AvgIpc) is 3.03. The molecule has 2 rings (SSSR count). The van der Waals surface area contributed by atoms with Crippen molar-refractivity contribution in [2.45, 2.75) is 51.9 Å². The molecule has 0 radical (unpaired) electrons. The Morgan fingerprint density at radius 2 is 2.00 bits per heavy atom. The number of rotatable bonds is 6. The molecule has 2 heterocycles. The first kappa shape index (κ1) is 22.7. The maximum absolute atomic E-state index is 5.85. The number of halogens is 1. The first-order valence-electron chi connectivity index (χ1n) is 8.78. The van der Waals surface area contributed by atoms with Crippen molar-refractivity contribution in [1.29, 1.82) is 0 Å². The van der Waals surface area contributed by atoms with Gasteiger partial charge in [-0.3, -0.25) is 9.89 Å². The van der Waals surface area contributed by atoms with Crippen LogP contribution in [0.1, 0.15) is 32.6 Å². The van der Waals surface area contributed by atoms with Crippen LogP contribution in [0.3, 0.4) is 0 Å². The Bertz CT molecular complexity index is 511. The molecule has 1 aromatic heterocycles. The molecule has 5 nitrogen and oxygen atoms in total. The molecule has 0 aromatic carbocycles. The van der Waals surface area contributed by atoms with Crippen molar-refractivity contribution in [1.82, 2.24) is 15.5 Å². The predicted molar refractivity (Wildman–Crippen MR) is 118 cm³/mol. The Hall–Kier alpha value is -0.380. The number of guanidine groups is 1. The maximum Gasteiger partial charge on any atom is 0.191 e. The number of hydrogen-bond donors (Lipinski definition) is 2. The number of morpholine rings is 1. The lowest BCUT2D eigenvalue weighted by atomic mass is 10.00. The molecule has 0 saturated carbocycles. The highest BCUT2D eigenvalue weighted by Crippen LogP contribution is 2.20. The zero-order valence-corrected chi connectivity index (χ0v) is 19.2. The summed E-state index contributed by atoms with van der Waals surface area (Å²) in [6.45, 7) is 12.6. The third kappa shape index (κ3) is 7.40. The second-order valence-electron chi connectivity index (χ2n) is 7.16. The molecule has 144 valence electrons. The molecule has 2 N–H and O–H groups in total. The van der Waals surface area contributed by atoms with Crippen LogP contribution >= 0.6 is 35.3 Å². The van der Waals surface area contributed by atoms with E-state index >= 15 is 0 Å². The molecule has 1 aliphatic rings. The smallest absolute Gasteiger partial charge is 0.191 e. The second-order valence-corrected chi connectivity index (χ2v) is 8.19. The number of thiophene rings is 1. The van der Waals surface area contributed by atoms with E-state index in [-0.39, 0.29) is 41.7 Å². The SMILES string of the molecule is CN=C(NCCc1cccs1)NCC(C)(C)N1CC(C)OC(C)C1.I. The van der Waals surface area contributed by atoms with Gasteiger partial charge in [-0.15, -0.1) is 35.3 Å². The van der Waals surface area contributed by atoms with Gasteiger partial charge in [-0.05, 0) is 45.6 Å². The standard InChI is InChI=1S/C18H32N4OS.HI/c1-14-11-22(12-15(2)23-14)18(3,4)13-21-17(19-5)20-9-8-16-7-6-10-24-16;/h6-7,10,14-15H,8-9,11-13H2,1-5H3,(H2,19,20,21);1H. The fraction of sp³-hybridized carbons (Fsp3) is 0.722.